The van der Waals surface area contributed by atoms with Crippen molar-refractivity contribution in [1.82, 2.24) is 10.6 Å². The molecule has 4 rings (SSSR count). The first-order chi connectivity index (χ1) is 16.1. The van der Waals surface area contributed by atoms with Crippen LogP contribution in [0.2, 0.25) is 0 Å². The molecule has 168 valence electrons. The van der Waals surface area contributed by atoms with Gasteiger partial charge in [-0.15, -0.1) is 0 Å². The van der Waals surface area contributed by atoms with Crippen molar-refractivity contribution in [3.05, 3.63) is 101 Å². The number of para-hydroxylation sites is 1. The van der Waals surface area contributed by atoms with Crippen LogP contribution in [0.5, 0.6) is 5.75 Å². The molecule has 1 aliphatic heterocycles. The average molecular weight is 458 g/mol. The first-order valence-electron chi connectivity index (χ1n) is 11.0. The van der Waals surface area contributed by atoms with Crippen LogP contribution in [0, 0.1) is 6.92 Å². The summed E-state index contributed by atoms with van der Waals surface area (Å²) in [6.07, 6.45) is 0.887. The third kappa shape index (κ3) is 5.23. The van der Waals surface area contributed by atoms with Crippen molar-refractivity contribution in [2.45, 2.75) is 26.3 Å². The number of benzene rings is 3. The van der Waals surface area contributed by atoms with E-state index in [1.165, 1.54) is 0 Å². The predicted octanol–water partition coefficient (Wildman–Crippen LogP) is 5.35. The molecule has 1 aliphatic rings. The van der Waals surface area contributed by atoms with Gasteiger partial charge in [0.1, 0.15) is 5.75 Å². The number of aryl methyl sites for hydroxylation is 1. The second-order valence-corrected chi connectivity index (χ2v) is 8.30. The van der Waals surface area contributed by atoms with Crippen LogP contribution in [0.1, 0.15) is 36.1 Å². The monoisotopic (exact) mass is 457 g/mol. The van der Waals surface area contributed by atoms with Crippen molar-refractivity contribution in [1.29, 1.82) is 0 Å². The predicted molar refractivity (Wildman–Crippen MR) is 137 cm³/mol. The Balaban J connectivity index is 1.83. The number of anilines is 1. The van der Waals surface area contributed by atoms with E-state index in [2.05, 4.69) is 22.9 Å². The molecule has 1 amide bonds. The zero-order valence-electron chi connectivity index (χ0n) is 18.7. The summed E-state index contributed by atoms with van der Waals surface area (Å²) in [5.74, 6) is 0.519. The van der Waals surface area contributed by atoms with Gasteiger partial charge in [0, 0.05) is 11.3 Å². The Kier molecular flexibility index (Phi) is 7.05. The first-order valence-corrected chi connectivity index (χ1v) is 11.4. The minimum atomic E-state index is -0.479. The highest BCUT2D eigenvalue weighted by molar-refractivity contribution is 7.80. The Morgan fingerprint density at radius 2 is 1.70 bits per heavy atom. The SMILES string of the molecule is CCCOc1ccccc1[C@@H]1NC(=S)NC(c2ccccc2)=C1C(=O)Nc1ccc(C)cc1. The Hall–Kier alpha value is -3.64. The number of rotatable bonds is 7. The number of carbonyl (C=O) groups is 1. The summed E-state index contributed by atoms with van der Waals surface area (Å²) in [6.45, 7) is 4.67. The van der Waals surface area contributed by atoms with Crippen LogP contribution < -0.4 is 20.7 Å². The van der Waals surface area contributed by atoms with Gasteiger partial charge in [-0.2, -0.15) is 0 Å². The van der Waals surface area contributed by atoms with Crippen LogP contribution >= 0.6 is 12.2 Å². The van der Waals surface area contributed by atoms with E-state index in [0.29, 0.717) is 23.0 Å². The number of hydrogen-bond donors (Lipinski definition) is 3. The zero-order valence-corrected chi connectivity index (χ0v) is 19.5. The fourth-order valence-corrected chi connectivity index (χ4v) is 3.99. The van der Waals surface area contributed by atoms with E-state index in [4.69, 9.17) is 17.0 Å². The van der Waals surface area contributed by atoms with Crippen LogP contribution in [-0.4, -0.2) is 17.6 Å². The molecule has 3 aromatic carbocycles. The molecule has 0 aliphatic carbocycles. The molecule has 0 fully saturated rings. The molecule has 0 saturated carbocycles. The van der Waals surface area contributed by atoms with E-state index in [1.807, 2.05) is 85.8 Å². The number of nitrogens with one attached hydrogen (secondary N) is 3. The molecule has 3 aromatic rings. The van der Waals surface area contributed by atoms with Gasteiger partial charge in [0.15, 0.2) is 5.11 Å². The van der Waals surface area contributed by atoms with Crippen LogP contribution in [0.3, 0.4) is 0 Å². The van der Waals surface area contributed by atoms with Gasteiger partial charge in [-0.1, -0.05) is 73.2 Å². The van der Waals surface area contributed by atoms with Gasteiger partial charge in [0.25, 0.3) is 5.91 Å². The fraction of sp³-hybridized carbons (Fsp3) is 0.185. The van der Waals surface area contributed by atoms with Crippen molar-refractivity contribution in [2.24, 2.45) is 0 Å². The lowest BCUT2D eigenvalue weighted by Gasteiger charge is -2.32. The van der Waals surface area contributed by atoms with Crippen LogP contribution in [0.4, 0.5) is 5.69 Å². The minimum Gasteiger partial charge on any atom is -0.493 e. The molecule has 1 heterocycles. The van der Waals surface area contributed by atoms with Gasteiger partial charge in [0.05, 0.1) is 23.9 Å². The molecule has 1 atom stereocenters. The smallest absolute Gasteiger partial charge is 0.256 e. The summed E-state index contributed by atoms with van der Waals surface area (Å²) in [5.41, 5.74) is 4.82. The van der Waals surface area contributed by atoms with Gasteiger partial charge in [-0.25, -0.2) is 0 Å². The van der Waals surface area contributed by atoms with E-state index in [0.717, 1.165) is 34.5 Å². The van der Waals surface area contributed by atoms with Crippen molar-refractivity contribution in [3.8, 4) is 5.75 Å². The first kappa shape index (κ1) is 22.6. The molecule has 33 heavy (non-hydrogen) atoms. The summed E-state index contributed by atoms with van der Waals surface area (Å²) in [7, 11) is 0. The normalized spacial score (nSPS) is 15.5. The van der Waals surface area contributed by atoms with Crippen LogP contribution in [0.25, 0.3) is 5.70 Å². The topological polar surface area (TPSA) is 62.4 Å². The highest BCUT2D eigenvalue weighted by Crippen LogP contribution is 2.36. The Labute approximate surface area is 199 Å². The lowest BCUT2D eigenvalue weighted by atomic mass is 9.91. The Morgan fingerprint density at radius 3 is 2.42 bits per heavy atom. The van der Waals surface area contributed by atoms with Gasteiger partial charge in [-0.3, -0.25) is 4.79 Å². The molecule has 0 radical (unpaired) electrons. The summed E-state index contributed by atoms with van der Waals surface area (Å²) in [6, 6.07) is 24.8. The standard InChI is InChI=1S/C27H27N3O2S/c1-3-17-32-22-12-8-7-11-21(22)25-23(26(31)28-20-15-13-18(2)14-16-20)24(29-27(33)30-25)19-9-5-4-6-10-19/h4-16,25H,3,17H2,1-2H3,(H,28,31)(H2,29,30,33)/t25-/m0/s1. The van der Waals surface area contributed by atoms with Crippen molar-refractivity contribution in [3.63, 3.8) is 0 Å². The van der Waals surface area contributed by atoms with Crippen LogP contribution in [-0.2, 0) is 4.79 Å². The van der Waals surface area contributed by atoms with E-state index in [1.54, 1.807) is 0 Å². The number of ether oxygens (including phenoxy) is 1. The number of thiocarbonyl (C=S) groups is 1. The Morgan fingerprint density at radius 1 is 1.00 bits per heavy atom. The van der Waals surface area contributed by atoms with E-state index >= 15 is 0 Å². The maximum Gasteiger partial charge on any atom is 0.256 e. The second kappa shape index (κ2) is 10.3. The van der Waals surface area contributed by atoms with E-state index in [-0.39, 0.29) is 5.91 Å². The van der Waals surface area contributed by atoms with Crippen molar-refractivity contribution >= 4 is 34.6 Å². The Bertz CT molecular complexity index is 1170. The highest BCUT2D eigenvalue weighted by atomic mass is 32.1. The zero-order chi connectivity index (χ0) is 23.2. The summed E-state index contributed by atoms with van der Waals surface area (Å²) in [5, 5.41) is 10.0. The maximum atomic E-state index is 13.7. The molecule has 0 spiro atoms. The molecule has 3 N–H and O–H groups in total. The van der Waals surface area contributed by atoms with E-state index < -0.39 is 6.04 Å². The summed E-state index contributed by atoms with van der Waals surface area (Å²) < 4.78 is 6.02. The summed E-state index contributed by atoms with van der Waals surface area (Å²) >= 11 is 5.55. The molecule has 6 heteroatoms. The fourth-order valence-electron chi connectivity index (χ4n) is 3.77. The van der Waals surface area contributed by atoms with E-state index in [9.17, 15) is 4.79 Å². The number of carbonyl (C=O) groups excluding carboxylic acids is 1. The van der Waals surface area contributed by atoms with Gasteiger partial charge < -0.3 is 20.7 Å². The lowest BCUT2D eigenvalue weighted by Crippen LogP contribution is -2.45. The molecule has 0 unspecified atom stereocenters. The third-order valence-electron chi connectivity index (χ3n) is 5.38. The second-order valence-electron chi connectivity index (χ2n) is 7.89. The van der Waals surface area contributed by atoms with Crippen LogP contribution in [0.15, 0.2) is 84.4 Å². The maximum absolute atomic E-state index is 13.7. The van der Waals surface area contributed by atoms with Gasteiger partial charge in [0.2, 0.25) is 0 Å². The summed E-state index contributed by atoms with van der Waals surface area (Å²) in [4.78, 5) is 13.7. The molecular formula is C27H27N3O2S. The minimum absolute atomic E-state index is 0.212. The molecule has 0 aromatic heterocycles. The van der Waals surface area contributed by atoms with Crippen molar-refractivity contribution in [2.75, 3.05) is 11.9 Å². The number of hydrogen-bond acceptors (Lipinski definition) is 3. The van der Waals surface area contributed by atoms with Gasteiger partial charge >= 0.3 is 0 Å². The number of amides is 1. The quantitative estimate of drug-likeness (QED) is 0.417. The highest BCUT2D eigenvalue weighted by Gasteiger charge is 2.33. The molecule has 0 saturated heterocycles. The molecular weight excluding hydrogens is 430 g/mol. The molecule has 0 bridgehead atoms. The lowest BCUT2D eigenvalue weighted by molar-refractivity contribution is -0.113. The average Bonchev–Trinajstić information content (AvgIpc) is 2.84. The molecule has 5 nitrogen and oxygen atoms in total. The third-order valence-corrected chi connectivity index (χ3v) is 5.60. The largest absolute Gasteiger partial charge is 0.493 e. The van der Waals surface area contributed by atoms with Crippen molar-refractivity contribution < 1.29 is 9.53 Å². The van der Waals surface area contributed by atoms with Gasteiger partial charge in [-0.05, 0) is 49.3 Å².